The molecule has 0 radical (unpaired) electrons. The first-order valence-electron chi connectivity index (χ1n) is 7.83. The molecule has 0 bridgehead atoms. The molecule has 5 heteroatoms. The van der Waals surface area contributed by atoms with Gasteiger partial charge >= 0.3 is 0 Å². The van der Waals surface area contributed by atoms with Gasteiger partial charge in [0.2, 0.25) is 5.91 Å². The normalized spacial score (nSPS) is 11.2. The Labute approximate surface area is 149 Å². The molecule has 3 N–H and O–H groups in total. The highest BCUT2D eigenvalue weighted by Crippen LogP contribution is 2.21. The molecule has 2 rings (SSSR count). The topological polar surface area (TPSA) is 64.3 Å². The quantitative estimate of drug-likeness (QED) is 0.752. The fourth-order valence-electron chi connectivity index (χ4n) is 2.41. The minimum Gasteiger partial charge on any atom is -0.497 e. The number of nitrogens with one attached hydrogen (secondary N) is 1. The van der Waals surface area contributed by atoms with Crippen molar-refractivity contribution >= 4 is 24.0 Å². The summed E-state index contributed by atoms with van der Waals surface area (Å²) < 4.78 is 5.16. The molecule has 0 saturated heterocycles. The van der Waals surface area contributed by atoms with Crippen molar-refractivity contribution in [2.45, 2.75) is 25.7 Å². The van der Waals surface area contributed by atoms with E-state index in [0.29, 0.717) is 24.6 Å². The maximum Gasteiger partial charge on any atom is 0.224 e. The maximum atomic E-state index is 11.9. The van der Waals surface area contributed by atoms with Crippen LogP contribution >= 0.6 is 12.4 Å². The summed E-state index contributed by atoms with van der Waals surface area (Å²) in [4.78, 5) is 11.9. The molecule has 1 atom stereocenters. The van der Waals surface area contributed by atoms with Crippen molar-refractivity contribution in [2.75, 3.05) is 19.4 Å². The van der Waals surface area contributed by atoms with Crippen LogP contribution in [0.2, 0.25) is 0 Å². The van der Waals surface area contributed by atoms with Crippen LogP contribution in [-0.2, 0) is 11.2 Å². The molecule has 0 heterocycles. The molecule has 0 fully saturated rings. The molecular formula is C19H25ClN2O2. The lowest BCUT2D eigenvalue weighted by molar-refractivity contribution is -0.120. The van der Waals surface area contributed by atoms with Gasteiger partial charge in [0.05, 0.1) is 13.5 Å². The zero-order valence-electron chi connectivity index (χ0n) is 14.1. The lowest BCUT2D eigenvalue weighted by Crippen LogP contribution is -2.26. The van der Waals surface area contributed by atoms with Crippen molar-refractivity contribution in [1.82, 2.24) is 5.32 Å². The number of carbonyl (C=O) groups excluding carboxylic acids is 1. The van der Waals surface area contributed by atoms with Crippen molar-refractivity contribution < 1.29 is 9.53 Å². The number of nitrogen functional groups attached to an aromatic ring is 1. The third-order valence-corrected chi connectivity index (χ3v) is 3.93. The number of ether oxygens (including phenoxy) is 1. The molecule has 1 unspecified atom stereocenters. The first-order chi connectivity index (χ1) is 11.1. The molecule has 0 saturated carbocycles. The standard InChI is InChI=1S/C19H24N2O2.ClH/c1-14(16-5-9-18(23-2)10-6-16)11-12-21-19(22)13-15-3-7-17(20)8-4-15;/h3-10,14H,11-13,20H2,1-2H3,(H,21,22);1H. The summed E-state index contributed by atoms with van der Waals surface area (Å²) in [5, 5.41) is 2.97. The van der Waals surface area contributed by atoms with Crippen LogP contribution in [0.1, 0.15) is 30.4 Å². The van der Waals surface area contributed by atoms with Crippen molar-refractivity contribution in [3.8, 4) is 5.75 Å². The van der Waals surface area contributed by atoms with E-state index in [0.717, 1.165) is 17.7 Å². The highest BCUT2D eigenvalue weighted by molar-refractivity contribution is 5.85. The first-order valence-corrected chi connectivity index (χ1v) is 7.83. The van der Waals surface area contributed by atoms with E-state index < -0.39 is 0 Å². The smallest absolute Gasteiger partial charge is 0.224 e. The van der Waals surface area contributed by atoms with Crippen LogP contribution in [0.5, 0.6) is 5.75 Å². The highest BCUT2D eigenvalue weighted by Gasteiger charge is 2.07. The second kappa shape index (κ2) is 9.83. The molecule has 130 valence electrons. The highest BCUT2D eigenvalue weighted by atomic mass is 35.5. The van der Waals surface area contributed by atoms with E-state index in [2.05, 4.69) is 24.4 Å². The van der Waals surface area contributed by atoms with Crippen LogP contribution in [0.15, 0.2) is 48.5 Å². The Morgan fingerprint density at radius 3 is 2.33 bits per heavy atom. The van der Waals surface area contributed by atoms with E-state index in [1.165, 1.54) is 5.56 Å². The van der Waals surface area contributed by atoms with E-state index in [-0.39, 0.29) is 18.3 Å². The van der Waals surface area contributed by atoms with Crippen LogP contribution in [0, 0.1) is 0 Å². The van der Waals surface area contributed by atoms with Crippen LogP contribution in [0.25, 0.3) is 0 Å². The second-order valence-corrected chi connectivity index (χ2v) is 5.73. The summed E-state index contributed by atoms with van der Waals surface area (Å²) in [6.07, 6.45) is 1.29. The van der Waals surface area contributed by atoms with Crippen molar-refractivity contribution in [3.05, 3.63) is 59.7 Å². The van der Waals surface area contributed by atoms with E-state index in [9.17, 15) is 4.79 Å². The Balaban J connectivity index is 0.00000288. The van der Waals surface area contributed by atoms with Gasteiger partial charge in [0.1, 0.15) is 5.75 Å². The average molecular weight is 349 g/mol. The monoisotopic (exact) mass is 348 g/mol. The first kappa shape index (κ1) is 19.8. The third kappa shape index (κ3) is 6.13. The van der Waals surface area contributed by atoms with E-state index >= 15 is 0 Å². The van der Waals surface area contributed by atoms with Gasteiger partial charge in [0, 0.05) is 12.2 Å². The third-order valence-electron chi connectivity index (χ3n) is 3.93. The molecule has 0 spiro atoms. The Morgan fingerprint density at radius 1 is 1.12 bits per heavy atom. The number of nitrogens with two attached hydrogens (primary N) is 1. The predicted molar refractivity (Wildman–Crippen MR) is 101 cm³/mol. The van der Waals surface area contributed by atoms with Gasteiger partial charge in [0.15, 0.2) is 0 Å². The summed E-state index contributed by atoms with van der Waals surface area (Å²) >= 11 is 0. The number of halogens is 1. The molecule has 2 aromatic carbocycles. The summed E-state index contributed by atoms with van der Waals surface area (Å²) in [6.45, 7) is 2.83. The minimum absolute atomic E-state index is 0. The van der Waals surface area contributed by atoms with Crippen molar-refractivity contribution in [3.63, 3.8) is 0 Å². The van der Waals surface area contributed by atoms with Crippen LogP contribution < -0.4 is 15.8 Å². The summed E-state index contributed by atoms with van der Waals surface area (Å²) in [5.74, 6) is 1.28. The van der Waals surface area contributed by atoms with Gasteiger partial charge in [0.25, 0.3) is 0 Å². The fourth-order valence-corrected chi connectivity index (χ4v) is 2.41. The summed E-state index contributed by atoms with van der Waals surface area (Å²) in [6, 6.07) is 15.5. The Kier molecular flexibility index (Phi) is 8.13. The molecule has 0 aromatic heterocycles. The largest absolute Gasteiger partial charge is 0.497 e. The molecular weight excluding hydrogens is 324 g/mol. The summed E-state index contributed by atoms with van der Waals surface area (Å²) in [7, 11) is 1.66. The second-order valence-electron chi connectivity index (χ2n) is 5.73. The molecule has 4 nitrogen and oxygen atoms in total. The van der Waals surface area contributed by atoms with E-state index in [4.69, 9.17) is 10.5 Å². The number of benzene rings is 2. The molecule has 1 amide bonds. The summed E-state index contributed by atoms with van der Waals surface area (Å²) in [5.41, 5.74) is 8.57. The number of hydrogen-bond acceptors (Lipinski definition) is 3. The van der Waals surface area contributed by atoms with Crippen molar-refractivity contribution in [1.29, 1.82) is 0 Å². The SMILES string of the molecule is COc1ccc(C(C)CCNC(=O)Cc2ccc(N)cc2)cc1.Cl. The van der Waals surface area contributed by atoms with Gasteiger partial charge in [-0.15, -0.1) is 12.4 Å². The fraction of sp³-hybridized carbons (Fsp3) is 0.316. The minimum atomic E-state index is 0. The van der Waals surface area contributed by atoms with Gasteiger partial charge in [-0.1, -0.05) is 31.2 Å². The zero-order valence-corrected chi connectivity index (χ0v) is 14.9. The van der Waals surface area contributed by atoms with Crippen LogP contribution in [0.4, 0.5) is 5.69 Å². The molecule has 0 aliphatic carbocycles. The number of amides is 1. The number of carbonyl (C=O) groups is 1. The Bertz CT molecular complexity index is 627. The van der Waals surface area contributed by atoms with Crippen LogP contribution in [0.3, 0.4) is 0 Å². The van der Waals surface area contributed by atoms with E-state index in [1.54, 1.807) is 7.11 Å². The maximum absolute atomic E-state index is 11.9. The van der Waals surface area contributed by atoms with Gasteiger partial charge in [-0.2, -0.15) is 0 Å². The predicted octanol–water partition coefficient (Wildman–Crippen LogP) is 3.55. The molecule has 2 aromatic rings. The number of methoxy groups -OCH3 is 1. The number of rotatable bonds is 7. The zero-order chi connectivity index (χ0) is 16.7. The van der Waals surface area contributed by atoms with Crippen LogP contribution in [-0.4, -0.2) is 19.6 Å². The number of hydrogen-bond donors (Lipinski definition) is 2. The Hall–Kier alpha value is -2.20. The lowest BCUT2D eigenvalue weighted by Gasteiger charge is -2.13. The van der Waals surface area contributed by atoms with Gasteiger partial charge in [-0.3, -0.25) is 4.79 Å². The van der Waals surface area contributed by atoms with Gasteiger partial charge in [-0.25, -0.2) is 0 Å². The molecule has 0 aliphatic rings. The van der Waals surface area contributed by atoms with Gasteiger partial charge < -0.3 is 15.8 Å². The Morgan fingerprint density at radius 2 is 1.75 bits per heavy atom. The average Bonchev–Trinajstić information content (AvgIpc) is 2.57. The number of anilines is 1. The van der Waals surface area contributed by atoms with Gasteiger partial charge in [-0.05, 0) is 47.7 Å². The molecule has 0 aliphatic heterocycles. The lowest BCUT2D eigenvalue weighted by atomic mass is 9.98. The van der Waals surface area contributed by atoms with E-state index in [1.807, 2.05) is 36.4 Å². The molecule has 24 heavy (non-hydrogen) atoms. The van der Waals surface area contributed by atoms with Crippen molar-refractivity contribution in [2.24, 2.45) is 0 Å².